The summed E-state index contributed by atoms with van der Waals surface area (Å²) in [6.07, 6.45) is 1.52. The van der Waals surface area contributed by atoms with E-state index in [1.54, 1.807) is 25.1 Å². The summed E-state index contributed by atoms with van der Waals surface area (Å²) in [4.78, 5) is 17.3. The Labute approximate surface area is 183 Å². The van der Waals surface area contributed by atoms with Crippen LogP contribution in [0.1, 0.15) is 18.3 Å². The van der Waals surface area contributed by atoms with Crippen molar-refractivity contribution in [3.8, 4) is 11.5 Å². The zero-order valence-electron chi connectivity index (χ0n) is 15.3. The first-order valence-corrected chi connectivity index (χ1v) is 10.3. The summed E-state index contributed by atoms with van der Waals surface area (Å²) in [5.41, 5.74) is 0.982. The summed E-state index contributed by atoms with van der Waals surface area (Å²) in [5.74, 6) is 1.39. The highest BCUT2D eigenvalue weighted by atomic mass is 79.9. The molecule has 0 unspecified atom stereocenters. The molecule has 9 heteroatoms. The molecule has 0 atom stereocenters. The Morgan fingerprint density at radius 3 is 2.75 bits per heavy atom. The van der Waals surface area contributed by atoms with Gasteiger partial charge in [-0.05, 0) is 54.0 Å². The van der Waals surface area contributed by atoms with Crippen LogP contribution in [0.2, 0.25) is 5.02 Å². The molecule has 0 amide bonds. The maximum Gasteiger partial charge on any atom is 0.282 e. The lowest BCUT2D eigenvalue weighted by atomic mass is 10.2. The molecule has 0 spiro atoms. The first-order valence-electron chi connectivity index (χ1n) is 8.29. The number of benzene rings is 2. The van der Waals surface area contributed by atoms with Gasteiger partial charge in [-0.2, -0.15) is 9.78 Å². The summed E-state index contributed by atoms with van der Waals surface area (Å²) in [6, 6.07) is 7.08. The van der Waals surface area contributed by atoms with Crippen LogP contribution in [0.15, 0.2) is 43.1 Å². The van der Waals surface area contributed by atoms with Crippen LogP contribution in [0.5, 0.6) is 11.5 Å². The van der Waals surface area contributed by atoms with Gasteiger partial charge < -0.3 is 9.47 Å². The number of rotatable bonds is 5. The van der Waals surface area contributed by atoms with E-state index in [1.165, 1.54) is 18.0 Å². The van der Waals surface area contributed by atoms with E-state index in [9.17, 15) is 4.79 Å². The molecule has 28 heavy (non-hydrogen) atoms. The van der Waals surface area contributed by atoms with E-state index in [1.807, 2.05) is 13.0 Å². The van der Waals surface area contributed by atoms with Crippen LogP contribution < -0.4 is 15.0 Å². The minimum Gasteiger partial charge on any atom is -0.493 e. The lowest BCUT2D eigenvalue weighted by Gasteiger charge is -2.14. The monoisotopic (exact) mass is 527 g/mol. The molecule has 1 aromatic heterocycles. The van der Waals surface area contributed by atoms with Crippen LogP contribution in [-0.2, 0) is 0 Å². The van der Waals surface area contributed by atoms with Crippen LogP contribution in [0.3, 0.4) is 0 Å². The van der Waals surface area contributed by atoms with E-state index in [4.69, 9.17) is 21.1 Å². The molecule has 0 saturated carbocycles. The average Bonchev–Trinajstić information content (AvgIpc) is 2.67. The molecule has 0 fully saturated rings. The normalized spacial score (nSPS) is 11.4. The highest BCUT2D eigenvalue weighted by Gasteiger charge is 2.16. The Morgan fingerprint density at radius 1 is 1.32 bits per heavy atom. The number of ether oxygens (including phenoxy) is 2. The van der Waals surface area contributed by atoms with Crippen LogP contribution in [0, 0.1) is 6.92 Å². The maximum absolute atomic E-state index is 12.8. The van der Waals surface area contributed by atoms with Crippen LogP contribution in [-0.4, -0.2) is 29.6 Å². The summed E-state index contributed by atoms with van der Waals surface area (Å²) in [5, 5.41) is 5.16. The third kappa shape index (κ3) is 3.94. The molecule has 0 aliphatic carbocycles. The molecule has 146 valence electrons. The average molecular weight is 530 g/mol. The lowest BCUT2D eigenvalue weighted by Crippen LogP contribution is -2.20. The highest BCUT2D eigenvalue weighted by Crippen LogP contribution is 2.42. The molecule has 3 aromatic rings. The van der Waals surface area contributed by atoms with Crippen LogP contribution in [0.4, 0.5) is 0 Å². The minimum atomic E-state index is -0.264. The van der Waals surface area contributed by atoms with Crippen molar-refractivity contribution in [3.05, 3.63) is 60.0 Å². The zero-order valence-corrected chi connectivity index (χ0v) is 19.2. The number of nitrogens with zero attached hydrogens (tertiary/aromatic N) is 3. The second-order valence-electron chi connectivity index (χ2n) is 5.74. The molecule has 0 N–H and O–H groups in total. The molecule has 0 bridgehead atoms. The number of aryl methyl sites for hydroxylation is 1. The van der Waals surface area contributed by atoms with Gasteiger partial charge in [-0.15, -0.1) is 0 Å². The van der Waals surface area contributed by atoms with E-state index in [2.05, 4.69) is 41.9 Å². The molecule has 0 aliphatic rings. The van der Waals surface area contributed by atoms with Gasteiger partial charge in [-0.1, -0.05) is 27.5 Å². The van der Waals surface area contributed by atoms with E-state index in [0.29, 0.717) is 49.9 Å². The largest absolute Gasteiger partial charge is 0.493 e. The fourth-order valence-corrected chi connectivity index (χ4v) is 3.66. The van der Waals surface area contributed by atoms with Gasteiger partial charge in [-0.3, -0.25) is 4.79 Å². The van der Waals surface area contributed by atoms with Crippen molar-refractivity contribution in [2.24, 2.45) is 5.10 Å². The number of fused-ring (bicyclic) bond motifs is 1. The molecule has 0 aliphatic heterocycles. The number of hydrogen-bond donors (Lipinski definition) is 0. The van der Waals surface area contributed by atoms with Gasteiger partial charge in [0.2, 0.25) is 0 Å². The molecular weight excluding hydrogens is 513 g/mol. The molecule has 0 saturated heterocycles. The Kier molecular flexibility index (Phi) is 6.42. The topological polar surface area (TPSA) is 65.7 Å². The SMILES string of the molecule is CCOc1c(OC)cc(C=Nn2c(C)nc3ccc(Br)cc3c2=O)c(Br)c1Cl. The Bertz CT molecular complexity index is 1150. The molecule has 6 nitrogen and oxygen atoms in total. The first-order chi connectivity index (χ1) is 13.4. The Morgan fingerprint density at radius 2 is 2.07 bits per heavy atom. The van der Waals surface area contributed by atoms with Gasteiger partial charge >= 0.3 is 0 Å². The summed E-state index contributed by atoms with van der Waals surface area (Å²) >= 11 is 13.2. The quantitative estimate of drug-likeness (QED) is 0.428. The molecule has 1 heterocycles. The van der Waals surface area contributed by atoms with Gasteiger partial charge in [0.25, 0.3) is 5.56 Å². The molecular formula is C19H16Br2ClN3O3. The van der Waals surface area contributed by atoms with Crippen molar-refractivity contribution in [2.75, 3.05) is 13.7 Å². The van der Waals surface area contributed by atoms with Crippen molar-refractivity contribution in [1.29, 1.82) is 0 Å². The second-order valence-corrected chi connectivity index (χ2v) is 7.83. The Balaban J connectivity index is 2.12. The summed E-state index contributed by atoms with van der Waals surface area (Å²) in [7, 11) is 1.53. The Hall–Kier alpha value is -1.90. The van der Waals surface area contributed by atoms with Crippen molar-refractivity contribution in [1.82, 2.24) is 9.66 Å². The fourth-order valence-electron chi connectivity index (χ4n) is 2.64. The minimum absolute atomic E-state index is 0.264. The van der Waals surface area contributed by atoms with Crippen molar-refractivity contribution >= 4 is 60.6 Å². The van der Waals surface area contributed by atoms with Gasteiger partial charge in [0.1, 0.15) is 10.8 Å². The standard InChI is InChI=1S/C19H16Br2ClN3O3/c1-4-28-18-15(27-3)7-11(16(21)17(18)22)9-23-25-10(2)24-14-6-5-12(20)8-13(14)19(25)26/h5-9H,4H2,1-3H3. The van der Waals surface area contributed by atoms with E-state index >= 15 is 0 Å². The maximum atomic E-state index is 12.8. The summed E-state index contributed by atoms with van der Waals surface area (Å²) in [6.45, 7) is 4.03. The number of hydrogen-bond acceptors (Lipinski definition) is 5. The smallest absolute Gasteiger partial charge is 0.282 e. The van der Waals surface area contributed by atoms with Crippen molar-refractivity contribution in [3.63, 3.8) is 0 Å². The third-order valence-electron chi connectivity index (χ3n) is 3.95. The second kappa shape index (κ2) is 8.63. The fraction of sp³-hybridized carbons (Fsp3) is 0.211. The van der Waals surface area contributed by atoms with Gasteiger partial charge in [0.05, 0.1) is 30.8 Å². The van der Waals surface area contributed by atoms with Gasteiger partial charge in [0.15, 0.2) is 11.5 Å². The number of halogens is 3. The molecule has 0 radical (unpaired) electrons. The summed E-state index contributed by atoms with van der Waals surface area (Å²) < 4.78 is 13.6. The molecule has 2 aromatic carbocycles. The zero-order chi connectivity index (χ0) is 20.4. The van der Waals surface area contributed by atoms with Crippen molar-refractivity contribution in [2.45, 2.75) is 13.8 Å². The van der Waals surface area contributed by atoms with Crippen LogP contribution >= 0.6 is 43.5 Å². The highest BCUT2D eigenvalue weighted by molar-refractivity contribution is 9.10. The van der Waals surface area contributed by atoms with E-state index in [-0.39, 0.29) is 5.56 Å². The molecule has 3 rings (SSSR count). The first kappa shape index (κ1) is 20.8. The number of methoxy groups -OCH3 is 1. The van der Waals surface area contributed by atoms with Crippen molar-refractivity contribution < 1.29 is 9.47 Å². The predicted octanol–water partition coefficient (Wildman–Crippen LogP) is 5.17. The van der Waals surface area contributed by atoms with Crippen LogP contribution in [0.25, 0.3) is 10.9 Å². The van der Waals surface area contributed by atoms with Gasteiger partial charge in [0, 0.05) is 14.5 Å². The van der Waals surface area contributed by atoms with E-state index < -0.39 is 0 Å². The third-order valence-corrected chi connectivity index (χ3v) is 5.88. The lowest BCUT2D eigenvalue weighted by molar-refractivity contribution is 0.311. The van der Waals surface area contributed by atoms with Gasteiger partial charge in [-0.25, -0.2) is 4.98 Å². The number of aromatic nitrogens is 2. The predicted molar refractivity (Wildman–Crippen MR) is 118 cm³/mol. The van der Waals surface area contributed by atoms with E-state index in [0.717, 1.165) is 4.47 Å².